The number of ketones is 1. The number of methoxy groups -OCH3 is 1. The van der Waals surface area contributed by atoms with Gasteiger partial charge in [0.2, 0.25) is 5.78 Å². The molecule has 0 saturated heterocycles. The maximum Gasteiger partial charge on any atom is 0.350 e. The van der Waals surface area contributed by atoms with Gasteiger partial charge in [0.15, 0.2) is 39.5 Å². The van der Waals surface area contributed by atoms with E-state index in [1.54, 1.807) is 43.3 Å². The van der Waals surface area contributed by atoms with E-state index in [-0.39, 0.29) is 27.9 Å². The van der Waals surface area contributed by atoms with Crippen LogP contribution in [-0.4, -0.2) is 54.7 Å². The Morgan fingerprint density at radius 1 is 1.11 bits per heavy atom. The quantitative estimate of drug-likeness (QED) is 0.112. The molecule has 12 heteroatoms. The number of aromatic nitrogens is 1. The topological polar surface area (TPSA) is 138 Å². The number of furan rings is 1. The lowest BCUT2D eigenvalue weighted by Crippen LogP contribution is -2.31. The number of hydrogen-bond donors (Lipinski definition) is 1. The van der Waals surface area contributed by atoms with Crippen molar-refractivity contribution in [2.45, 2.75) is 26.8 Å². The Kier molecular flexibility index (Phi) is 8.72. The van der Waals surface area contributed by atoms with Crippen molar-refractivity contribution in [3.05, 3.63) is 88.3 Å². The van der Waals surface area contributed by atoms with E-state index in [1.807, 2.05) is 13.8 Å². The molecule has 3 heterocycles. The number of rotatable bonds is 12. The highest BCUT2D eigenvalue weighted by Gasteiger charge is 2.47. The van der Waals surface area contributed by atoms with Gasteiger partial charge in [0.1, 0.15) is 11.5 Å². The second kappa shape index (κ2) is 12.6. The second-order valence-electron chi connectivity index (χ2n) is 9.53. The molecule has 2 aromatic carbocycles. The minimum Gasteiger partial charge on any atom is -0.503 e. The molecule has 0 radical (unpaired) electrons. The fourth-order valence-corrected chi connectivity index (χ4v) is 5.89. The third kappa shape index (κ3) is 5.39. The Morgan fingerprint density at radius 2 is 1.86 bits per heavy atom. The lowest BCUT2D eigenvalue weighted by atomic mass is 9.95. The van der Waals surface area contributed by atoms with Gasteiger partial charge < -0.3 is 28.5 Å². The summed E-state index contributed by atoms with van der Waals surface area (Å²) in [5, 5.41) is 11.9. The van der Waals surface area contributed by atoms with Crippen LogP contribution in [0.2, 0.25) is 0 Å². The first-order chi connectivity index (χ1) is 21.2. The van der Waals surface area contributed by atoms with Gasteiger partial charge in [0.05, 0.1) is 37.6 Å². The molecular weight excluding hydrogens is 588 g/mol. The molecule has 0 fully saturated rings. The van der Waals surface area contributed by atoms with Crippen molar-refractivity contribution in [1.82, 2.24) is 4.98 Å². The van der Waals surface area contributed by atoms with Gasteiger partial charge in [-0.1, -0.05) is 42.2 Å². The van der Waals surface area contributed by atoms with Crippen LogP contribution in [0.25, 0.3) is 11.0 Å². The third-order valence-electron chi connectivity index (χ3n) is 6.80. The van der Waals surface area contributed by atoms with E-state index in [1.165, 1.54) is 24.2 Å². The Hall–Kier alpha value is -5.10. The SMILES string of the molecule is C=CCOC(=O)c1sc(N2C(=O)C(O)=C(C(=O)c3cc4cccc(OC)c4o3)C2c2ccc(OCC)c(OCC)c2)nc1C. The molecule has 0 aliphatic carbocycles. The molecular formula is C32H30N2O9S. The number of benzene rings is 2. The minimum atomic E-state index is -1.16. The number of aliphatic hydroxyl groups excluding tert-OH is 1. The predicted molar refractivity (Wildman–Crippen MR) is 163 cm³/mol. The van der Waals surface area contributed by atoms with Gasteiger partial charge in [-0.15, -0.1) is 0 Å². The zero-order valence-corrected chi connectivity index (χ0v) is 25.4. The van der Waals surface area contributed by atoms with E-state index < -0.39 is 29.5 Å². The molecule has 5 rings (SSSR count). The Labute approximate surface area is 256 Å². The molecule has 0 saturated carbocycles. The summed E-state index contributed by atoms with van der Waals surface area (Å²) >= 11 is 0.904. The van der Waals surface area contributed by atoms with Gasteiger partial charge in [-0.25, -0.2) is 9.78 Å². The summed E-state index contributed by atoms with van der Waals surface area (Å²) in [6, 6.07) is 10.5. The first-order valence-electron chi connectivity index (χ1n) is 13.8. The monoisotopic (exact) mass is 618 g/mol. The lowest BCUT2D eigenvalue weighted by Gasteiger charge is -2.25. The first-order valence-corrected chi connectivity index (χ1v) is 14.6. The molecule has 1 aliphatic rings. The number of fused-ring (bicyclic) bond motifs is 1. The van der Waals surface area contributed by atoms with Crippen molar-refractivity contribution in [2.75, 3.05) is 31.8 Å². The highest BCUT2D eigenvalue weighted by atomic mass is 32.1. The van der Waals surface area contributed by atoms with Gasteiger partial charge >= 0.3 is 5.97 Å². The van der Waals surface area contributed by atoms with Gasteiger partial charge in [-0.2, -0.15) is 0 Å². The fourth-order valence-electron chi connectivity index (χ4n) is 4.90. The van der Waals surface area contributed by atoms with E-state index in [9.17, 15) is 19.5 Å². The number of esters is 1. The summed E-state index contributed by atoms with van der Waals surface area (Å²) in [7, 11) is 1.48. The largest absolute Gasteiger partial charge is 0.503 e. The Balaban J connectivity index is 1.66. The zero-order valence-electron chi connectivity index (χ0n) is 24.5. The van der Waals surface area contributed by atoms with Crippen LogP contribution in [-0.2, 0) is 9.53 Å². The Morgan fingerprint density at radius 3 is 2.57 bits per heavy atom. The number of carbonyl (C=O) groups is 3. The van der Waals surface area contributed by atoms with Crippen LogP contribution < -0.4 is 19.1 Å². The lowest BCUT2D eigenvalue weighted by molar-refractivity contribution is -0.117. The summed E-state index contributed by atoms with van der Waals surface area (Å²) < 4.78 is 28.0. The van der Waals surface area contributed by atoms with E-state index >= 15 is 0 Å². The molecule has 228 valence electrons. The van der Waals surface area contributed by atoms with Crippen LogP contribution in [0.1, 0.15) is 51.4 Å². The number of aliphatic hydroxyl groups is 1. The molecule has 0 bridgehead atoms. The number of carbonyl (C=O) groups excluding carboxylic acids is 3. The maximum atomic E-state index is 14.1. The third-order valence-corrected chi connectivity index (χ3v) is 7.93. The summed E-state index contributed by atoms with van der Waals surface area (Å²) in [6.07, 6.45) is 1.44. The molecule has 1 unspecified atom stereocenters. The summed E-state index contributed by atoms with van der Waals surface area (Å²) in [6.45, 7) is 9.51. The number of ether oxygens (including phenoxy) is 4. The molecule has 1 N–H and O–H groups in total. The molecule has 11 nitrogen and oxygen atoms in total. The minimum absolute atomic E-state index is 0.00750. The molecule has 44 heavy (non-hydrogen) atoms. The molecule has 1 amide bonds. The zero-order chi connectivity index (χ0) is 31.5. The average molecular weight is 619 g/mol. The number of hydrogen-bond acceptors (Lipinski definition) is 11. The van der Waals surface area contributed by atoms with Crippen LogP contribution in [0.15, 0.2) is 70.9 Å². The summed E-state index contributed by atoms with van der Waals surface area (Å²) in [5.41, 5.74) is 0.850. The molecule has 2 aromatic heterocycles. The maximum absolute atomic E-state index is 14.1. The van der Waals surface area contributed by atoms with Crippen LogP contribution in [0.5, 0.6) is 17.2 Å². The van der Waals surface area contributed by atoms with Crippen LogP contribution in [0.3, 0.4) is 0 Å². The van der Waals surface area contributed by atoms with E-state index in [2.05, 4.69) is 11.6 Å². The highest BCUT2D eigenvalue weighted by Crippen LogP contribution is 2.46. The van der Waals surface area contributed by atoms with Crippen LogP contribution in [0.4, 0.5) is 5.13 Å². The standard InChI is InChI=1S/C32H30N2O9S/c1-6-14-42-31(38)29-17(4)33-32(44-29)34-25(18-12-13-20(40-7-2)22(15-18)41-8-3)24(27(36)30(34)37)26(35)23-16-19-10-9-11-21(39-5)28(19)43-23/h6,9-13,15-16,25,36H,1,7-8,14H2,2-5H3. The Bertz CT molecular complexity index is 1800. The summed E-state index contributed by atoms with van der Waals surface area (Å²) in [4.78, 5) is 46.4. The van der Waals surface area contributed by atoms with Gasteiger partial charge in [0, 0.05) is 5.39 Å². The van der Waals surface area contributed by atoms with Gasteiger partial charge in [0.25, 0.3) is 5.91 Å². The van der Waals surface area contributed by atoms with Crippen molar-refractivity contribution >= 4 is 45.1 Å². The fraction of sp³-hybridized carbons (Fsp3) is 0.250. The predicted octanol–water partition coefficient (Wildman–Crippen LogP) is 6.13. The van der Waals surface area contributed by atoms with E-state index in [0.29, 0.717) is 52.7 Å². The van der Waals surface area contributed by atoms with Crippen molar-refractivity contribution in [1.29, 1.82) is 0 Å². The van der Waals surface area contributed by atoms with Crippen LogP contribution in [0, 0.1) is 6.92 Å². The van der Waals surface area contributed by atoms with E-state index in [4.69, 9.17) is 23.4 Å². The number of nitrogens with zero attached hydrogens (tertiary/aromatic N) is 2. The van der Waals surface area contributed by atoms with Gasteiger partial charge in [-0.05, 0) is 50.6 Å². The molecule has 4 aromatic rings. The van der Waals surface area contributed by atoms with Crippen molar-refractivity contribution in [3.8, 4) is 17.2 Å². The average Bonchev–Trinajstić information content (AvgIpc) is 3.70. The highest BCUT2D eigenvalue weighted by molar-refractivity contribution is 7.17. The summed E-state index contributed by atoms with van der Waals surface area (Å²) in [5.74, 6) is -1.84. The number of amides is 1. The van der Waals surface area contributed by atoms with Crippen molar-refractivity contribution in [2.24, 2.45) is 0 Å². The molecule has 1 aliphatic heterocycles. The molecule has 0 spiro atoms. The number of aryl methyl sites for hydroxylation is 1. The van der Waals surface area contributed by atoms with Crippen molar-refractivity contribution < 1.29 is 42.9 Å². The number of anilines is 1. The van der Waals surface area contributed by atoms with Crippen molar-refractivity contribution in [3.63, 3.8) is 0 Å². The molecule has 1 atom stereocenters. The number of Topliss-reactive ketones (excluding diaryl/α,β-unsaturated/α-hetero) is 1. The normalized spacial score (nSPS) is 14.7. The second-order valence-corrected chi connectivity index (χ2v) is 10.5. The number of thiazole rings is 1. The smallest absolute Gasteiger partial charge is 0.350 e. The van der Waals surface area contributed by atoms with E-state index in [0.717, 1.165) is 11.3 Å². The first kappa shape index (κ1) is 30.4. The number of para-hydroxylation sites is 1. The van der Waals surface area contributed by atoms with Gasteiger partial charge in [-0.3, -0.25) is 14.5 Å². The van der Waals surface area contributed by atoms with Crippen LogP contribution >= 0.6 is 11.3 Å².